The van der Waals surface area contributed by atoms with Crippen LogP contribution < -0.4 is 16.0 Å². The molecule has 1 aliphatic heterocycles. The summed E-state index contributed by atoms with van der Waals surface area (Å²) in [5.41, 5.74) is 0. The highest BCUT2D eigenvalue weighted by molar-refractivity contribution is 5.74. The Bertz CT molecular complexity index is 293. The molecule has 1 aliphatic rings. The molecule has 0 aromatic carbocycles. The predicted molar refractivity (Wildman–Crippen MR) is 50.7 cm³/mol. The Morgan fingerprint density at radius 2 is 2.50 bits per heavy atom. The molecule has 0 saturated carbocycles. The molecule has 1 aromatic rings. The van der Waals surface area contributed by atoms with E-state index in [0.29, 0.717) is 6.54 Å². The topological polar surface area (TPSA) is 66.3 Å². The molecule has 2 heterocycles. The Balaban J connectivity index is 1.67. The first-order valence-electron chi connectivity index (χ1n) is 4.62. The lowest BCUT2D eigenvalue weighted by atomic mass is 10.2. The van der Waals surface area contributed by atoms with Gasteiger partial charge < -0.3 is 20.4 Å². The molecular formula is C9H13N3O2. The van der Waals surface area contributed by atoms with E-state index in [-0.39, 0.29) is 12.1 Å². The van der Waals surface area contributed by atoms with E-state index < -0.39 is 0 Å². The van der Waals surface area contributed by atoms with Crippen molar-refractivity contribution in [1.82, 2.24) is 16.0 Å². The van der Waals surface area contributed by atoms with Gasteiger partial charge in [0.15, 0.2) is 0 Å². The molecule has 3 N–H and O–H groups in total. The molecule has 0 atom stereocenters. The molecule has 1 saturated heterocycles. The summed E-state index contributed by atoms with van der Waals surface area (Å²) in [5.74, 6) is 0.756. The number of hydrogen-bond acceptors (Lipinski definition) is 3. The second-order valence-electron chi connectivity index (χ2n) is 3.26. The molecule has 76 valence electrons. The van der Waals surface area contributed by atoms with Gasteiger partial charge in [0.1, 0.15) is 5.76 Å². The standard InChI is InChI=1S/C9H13N3O2/c13-9(12-7-4-10-5-7)11-6-8-2-1-3-14-8/h1-3,7,10H,4-6H2,(H2,11,12,13). The van der Waals surface area contributed by atoms with Gasteiger partial charge in [0, 0.05) is 13.1 Å². The highest BCUT2D eigenvalue weighted by Gasteiger charge is 2.18. The quantitative estimate of drug-likeness (QED) is 0.638. The van der Waals surface area contributed by atoms with Crippen molar-refractivity contribution in [2.75, 3.05) is 13.1 Å². The van der Waals surface area contributed by atoms with Gasteiger partial charge in [-0.2, -0.15) is 0 Å². The summed E-state index contributed by atoms with van der Waals surface area (Å²) in [6, 6.07) is 3.75. The molecule has 0 radical (unpaired) electrons. The SMILES string of the molecule is O=C(NCc1ccco1)NC1CNC1. The minimum absolute atomic E-state index is 0.145. The highest BCUT2D eigenvalue weighted by atomic mass is 16.3. The van der Waals surface area contributed by atoms with E-state index in [1.165, 1.54) is 0 Å². The van der Waals surface area contributed by atoms with E-state index in [1.54, 1.807) is 12.3 Å². The van der Waals surface area contributed by atoms with Crippen LogP contribution in [0.5, 0.6) is 0 Å². The Hall–Kier alpha value is -1.49. The van der Waals surface area contributed by atoms with Crippen LogP contribution in [0, 0.1) is 0 Å². The Labute approximate surface area is 81.9 Å². The van der Waals surface area contributed by atoms with Gasteiger partial charge in [0.05, 0.1) is 18.8 Å². The van der Waals surface area contributed by atoms with Gasteiger partial charge in [0.25, 0.3) is 0 Å². The molecule has 0 spiro atoms. The number of hydrogen-bond donors (Lipinski definition) is 3. The van der Waals surface area contributed by atoms with Gasteiger partial charge >= 0.3 is 6.03 Å². The number of carbonyl (C=O) groups is 1. The zero-order valence-electron chi connectivity index (χ0n) is 7.75. The minimum Gasteiger partial charge on any atom is -0.467 e. The molecule has 2 rings (SSSR count). The van der Waals surface area contributed by atoms with E-state index >= 15 is 0 Å². The third-order valence-corrected chi connectivity index (χ3v) is 2.12. The van der Waals surface area contributed by atoms with Crippen LogP contribution in [-0.4, -0.2) is 25.2 Å². The van der Waals surface area contributed by atoms with E-state index in [4.69, 9.17) is 4.42 Å². The number of urea groups is 1. The second kappa shape index (κ2) is 4.15. The summed E-state index contributed by atoms with van der Waals surface area (Å²) in [6.07, 6.45) is 1.59. The predicted octanol–water partition coefficient (Wildman–Crippen LogP) is 0.0506. The Morgan fingerprint density at radius 1 is 1.64 bits per heavy atom. The van der Waals surface area contributed by atoms with Crippen LogP contribution in [0.3, 0.4) is 0 Å². The maximum Gasteiger partial charge on any atom is 0.315 e. The van der Waals surface area contributed by atoms with Crippen LogP contribution in [-0.2, 0) is 6.54 Å². The average Bonchev–Trinajstić information content (AvgIpc) is 2.60. The second-order valence-corrected chi connectivity index (χ2v) is 3.26. The maximum absolute atomic E-state index is 11.2. The molecule has 0 aliphatic carbocycles. The van der Waals surface area contributed by atoms with E-state index in [2.05, 4.69) is 16.0 Å². The van der Waals surface area contributed by atoms with Crippen LogP contribution in [0.15, 0.2) is 22.8 Å². The van der Waals surface area contributed by atoms with Crippen molar-refractivity contribution in [2.45, 2.75) is 12.6 Å². The lowest BCUT2D eigenvalue weighted by molar-refractivity contribution is 0.230. The fraction of sp³-hybridized carbons (Fsp3) is 0.444. The van der Waals surface area contributed by atoms with E-state index in [1.807, 2.05) is 6.07 Å². The zero-order valence-corrected chi connectivity index (χ0v) is 7.75. The van der Waals surface area contributed by atoms with Gasteiger partial charge in [-0.15, -0.1) is 0 Å². The fourth-order valence-electron chi connectivity index (χ4n) is 1.21. The summed E-state index contributed by atoms with van der Waals surface area (Å²) in [5, 5.41) is 8.61. The van der Waals surface area contributed by atoms with Gasteiger partial charge in [-0.05, 0) is 12.1 Å². The van der Waals surface area contributed by atoms with Crippen molar-refractivity contribution in [1.29, 1.82) is 0 Å². The summed E-state index contributed by atoms with van der Waals surface area (Å²) >= 11 is 0. The van der Waals surface area contributed by atoms with Gasteiger partial charge in [-0.1, -0.05) is 0 Å². The number of nitrogens with one attached hydrogen (secondary N) is 3. The fourth-order valence-corrected chi connectivity index (χ4v) is 1.21. The van der Waals surface area contributed by atoms with Crippen LogP contribution in [0.1, 0.15) is 5.76 Å². The lowest BCUT2D eigenvalue weighted by Gasteiger charge is -2.27. The molecule has 5 nitrogen and oxygen atoms in total. The molecule has 1 fully saturated rings. The third-order valence-electron chi connectivity index (χ3n) is 2.12. The van der Waals surface area contributed by atoms with Crippen LogP contribution in [0.2, 0.25) is 0 Å². The lowest BCUT2D eigenvalue weighted by Crippen LogP contribution is -2.58. The summed E-state index contributed by atoms with van der Waals surface area (Å²) in [4.78, 5) is 11.2. The molecule has 0 bridgehead atoms. The Morgan fingerprint density at radius 3 is 3.07 bits per heavy atom. The Kier molecular flexibility index (Phi) is 2.69. The minimum atomic E-state index is -0.145. The number of rotatable bonds is 3. The highest BCUT2D eigenvalue weighted by Crippen LogP contribution is 1.98. The van der Waals surface area contributed by atoms with E-state index in [9.17, 15) is 4.79 Å². The normalized spacial score (nSPS) is 16.0. The number of furan rings is 1. The monoisotopic (exact) mass is 195 g/mol. The van der Waals surface area contributed by atoms with Crippen LogP contribution in [0.4, 0.5) is 4.79 Å². The van der Waals surface area contributed by atoms with Gasteiger partial charge in [0.2, 0.25) is 0 Å². The summed E-state index contributed by atoms with van der Waals surface area (Å²) in [6.45, 7) is 2.14. The zero-order chi connectivity index (χ0) is 9.80. The molecule has 2 amide bonds. The summed E-state index contributed by atoms with van der Waals surface area (Å²) in [7, 11) is 0. The van der Waals surface area contributed by atoms with E-state index in [0.717, 1.165) is 18.8 Å². The van der Waals surface area contributed by atoms with Crippen LogP contribution in [0.25, 0.3) is 0 Å². The molecular weight excluding hydrogens is 182 g/mol. The number of amides is 2. The molecule has 14 heavy (non-hydrogen) atoms. The smallest absolute Gasteiger partial charge is 0.315 e. The van der Waals surface area contributed by atoms with Gasteiger partial charge in [-0.25, -0.2) is 4.79 Å². The largest absolute Gasteiger partial charge is 0.467 e. The first kappa shape index (κ1) is 9.08. The third kappa shape index (κ3) is 2.26. The van der Waals surface area contributed by atoms with Crippen molar-refractivity contribution < 1.29 is 9.21 Å². The maximum atomic E-state index is 11.2. The summed E-state index contributed by atoms with van der Waals surface area (Å²) < 4.78 is 5.07. The van der Waals surface area contributed by atoms with Crippen molar-refractivity contribution >= 4 is 6.03 Å². The van der Waals surface area contributed by atoms with Crippen molar-refractivity contribution in [3.05, 3.63) is 24.2 Å². The van der Waals surface area contributed by atoms with Crippen molar-refractivity contribution in [3.8, 4) is 0 Å². The van der Waals surface area contributed by atoms with Crippen molar-refractivity contribution in [3.63, 3.8) is 0 Å². The van der Waals surface area contributed by atoms with Gasteiger partial charge in [-0.3, -0.25) is 0 Å². The van der Waals surface area contributed by atoms with Crippen molar-refractivity contribution in [2.24, 2.45) is 0 Å². The first-order chi connectivity index (χ1) is 6.84. The molecule has 1 aromatic heterocycles. The first-order valence-corrected chi connectivity index (χ1v) is 4.62. The number of carbonyl (C=O) groups excluding carboxylic acids is 1. The molecule has 5 heteroatoms. The van der Waals surface area contributed by atoms with Crippen LogP contribution >= 0.6 is 0 Å². The average molecular weight is 195 g/mol. The molecule has 0 unspecified atom stereocenters.